The number of nitrogens with zero attached hydrogens (tertiary/aromatic N) is 3. The molecule has 1 fully saturated rings. The van der Waals surface area contributed by atoms with Crippen molar-refractivity contribution in [2.24, 2.45) is 0 Å². The monoisotopic (exact) mass is 473 g/mol. The van der Waals surface area contributed by atoms with E-state index in [1.54, 1.807) is 36.4 Å². The van der Waals surface area contributed by atoms with Gasteiger partial charge >= 0.3 is 12.4 Å². The standard InChI is InChI=1S/C23H22F3N5O3/c1-2-11-30-19(14-27-22(30)33)21(32)28-20-13-18(31(29-20)16-8-4-3-5-9-16)15-7-6-10-17(12-15)34-23(24,25)26/h3-10,12-13,19H,2,11,14H2,1H3,(H,27,33)(H,28,29,32)/t19-/m0/s1. The zero-order valence-electron chi connectivity index (χ0n) is 18.2. The molecule has 1 aliphatic heterocycles. The quantitative estimate of drug-likeness (QED) is 0.539. The largest absolute Gasteiger partial charge is 0.573 e. The number of aromatic nitrogens is 2. The predicted octanol–water partition coefficient (Wildman–Crippen LogP) is 4.18. The highest BCUT2D eigenvalue weighted by Gasteiger charge is 2.35. The third-order valence-electron chi connectivity index (χ3n) is 5.18. The summed E-state index contributed by atoms with van der Waals surface area (Å²) < 4.78 is 43.7. The average molecular weight is 473 g/mol. The minimum Gasteiger partial charge on any atom is -0.406 e. The molecule has 0 bridgehead atoms. The Morgan fingerprint density at radius 1 is 1.18 bits per heavy atom. The Morgan fingerprint density at radius 3 is 2.65 bits per heavy atom. The second-order valence-electron chi connectivity index (χ2n) is 7.62. The van der Waals surface area contributed by atoms with Crippen molar-refractivity contribution in [3.05, 3.63) is 60.7 Å². The molecule has 1 aromatic heterocycles. The van der Waals surface area contributed by atoms with Gasteiger partial charge in [0.2, 0.25) is 5.91 Å². The van der Waals surface area contributed by atoms with Crippen LogP contribution in [0.1, 0.15) is 13.3 Å². The average Bonchev–Trinajstić information content (AvgIpc) is 3.37. The first-order valence-corrected chi connectivity index (χ1v) is 10.6. The summed E-state index contributed by atoms with van der Waals surface area (Å²) in [6.45, 7) is 2.51. The topological polar surface area (TPSA) is 88.5 Å². The van der Waals surface area contributed by atoms with Gasteiger partial charge in [0.1, 0.15) is 11.8 Å². The summed E-state index contributed by atoms with van der Waals surface area (Å²) in [4.78, 5) is 26.4. The zero-order chi connectivity index (χ0) is 24.3. The molecule has 0 saturated carbocycles. The number of hydrogen-bond acceptors (Lipinski definition) is 4. The molecule has 2 N–H and O–H groups in total. The molecule has 0 spiro atoms. The first-order chi connectivity index (χ1) is 16.2. The third kappa shape index (κ3) is 5.13. The summed E-state index contributed by atoms with van der Waals surface area (Å²) in [5.74, 6) is -0.589. The molecule has 1 aliphatic rings. The van der Waals surface area contributed by atoms with E-state index in [1.165, 1.54) is 27.8 Å². The van der Waals surface area contributed by atoms with Crippen molar-refractivity contribution in [3.63, 3.8) is 0 Å². The van der Waals surface area contributed by atoms with Gasteiger partial charge in [-0.1, -0.05) is 37.3 Å². The smallest absolute Gasteiger partial charge is 0.406 e. The number of nitrogens with one attached hydrogen (secondary N) is 2. The summed E-state index contributed by atoms with van der Waals surface area (Å²) in [6, 6.07) is 15.0. The van der Waals surface area contributed by atoms with Gasteiger partial charge in [0.25, 0.3) is 0 Å². The molecule has 34 heavy (non-hydrogen) atoms. The first-order valence-electron chi connectivity index (χ1n) is 10.6. The number of hydrogen-bond donors (Lipinski definition) is 2. The van der Waals surface area contributed by atoms with E-state index in [1.807, 2.05) is 13.0 Å². The van der Waals surface area contributed by atoms with Gasteiger partial charge in [-0.15, -0.1) is 18.3 Å². The van der Waals surface area contributed by atoms with Gasteiger partial charge in [0.15, 0.2) is 5.82 Å². The molecule has 3 amide bonds. The number of alkyl halides is 3. The van der Waals surface area contributed by atoms with Gasteiger partial charge in [-0.05, 0) is 30.7 Å². The van der Waals surface area contributed by atoms with E-state index in [0.717, 1.165) is 0 Å². The molecule has 8 nitrogen and oxygen atoms in total. The van der Waals surface area contributed by atoms with Crippen molar-refractivity contribution < 1.29 is 27.5 Å². The van der Waals surface area contributed by atoms with Crippen LogP contribution in [0, 0.1) is 0 Å². The number of benzene rings is 2. The van der Waals surface area contributed by atoms with Crippen molar-refractivity contribution in [2.45, 2.75) is 25.7 Å². The van der Waals surface area contributed by atoms with Crippen LogP contribution in [-0.2, 0) is 4.79 Å². The maximum Gasteiger partial charge on any atom is 0.573 e. The number of anilines is 1. The second-order valence-corrected chi connectivity index (χ2v) is 7.62. The molecule has 0 unspecified atom stereocenters. The van der Waals surface area contributed by atoms with E-state index in [9.17, 15) is 22.8 Å². The minimum absolute atomic E-state index is 0.174. The van der Waals surface area contributed by atoms with E-state index >= 15 is 0 Å². The Bertz CT molecular complexity index is 1180. The SMILES string of the molecule is CCCN1C(=O)NC[C@H]1C(=O)Nc1cc(-c2cccc(OC(F)(F)F)c2)n(-c2ccccc2)n1. The van der Waals surface area contributed by atoms with Crippen LogP contribution in [0.5, 0.6) is 5.75 Å². The summed E-state index contributed by atoms with van der Waals surface area (Å²) in [5.41, 5.74) is 1.49. The third-order valence-corrected chi connectivity index (χ3v) is 5.18. The van der Waals surface area contributed by atoms with Gasteiger partial charge < -0.3 is 20.3 Å². The molecule has 0 radical (unpaired) electrons. The van der Waals surface area contributed by atoms with Crippen molar-refractivity contribution in [3.8, 4) is 22.7 Å². The minimum atomic E-state index is -4.82. The van der Waals surface area contributed by atoms with E-state index in [2.05, 4.69) is 20.5 Å². The lowest BCUT2D eigenvalue weighted by molar-refractivity contribution is -0.274. The van der Waals surface area contributed by atoms with Crippen molar-refractivity contribution in [2.75, 3.05) is 18.4 Å². The Kier molecular flexibility index (Phi) is 6.44. The lowest BCUT2D eigenvalue weighted by Gasteiger charge is -2.21. The number of amides is 3. The van der Waals surface area contributed by atoms with Gasteiger partial charge in [0, 0.05) is 24.7 Å². The lowest BCUT2D eigenvalue weighted by atomic mass is 10.1. The normalized spacial score (nSPS) is 15.8. The fraction of sp³-hybridized carbons (Fsp3) is 0.261. The van der Waals surface area contributed by atoms with Gasteiger partial charge in [-0.25, -0.2) is 9.48 Å². The number of halogens is 3. The van der Waals surface area contributed by atoms with Gasteiger partial charge in [0.05, 0.1) is 11.4 Å². The van der Waals surface area contributed by atoms with Crippen LogP contribution < -0.4 is 15.4 Å². The summed E-state index contributed by atoms with van der Waals surface area (Å²) in [5, 5.41) is 9.85. The fourth-order valence-corrected chi connectivity index (χ4v) is 3.75. The molecule has 4 rings (SSSR count). The molecule has 0 aliphatic carbocycles. The molecule has 11 heteroatoms. The van der Waals surface area contributed by atoms with Crippen molar-refractivity contribution in [1.29, 1.82) is 0 Å². The molecule has 1 saturated heterocycles. The molecule has 2 heterocycles. The zero-order valence-corrected chi connectivity index (χ0v) is 18.2. The molecule has 3 aromatic rings. The maximum atomic E-state index is 12.9. The van der Waals surface area contributed by atoms with E-state index in [4.69, 9.17) is 0 Å². The first kappa shape index (κ1) is 23.1. The number of para-hydroxylation sites is 1. The van der Waals surface area contributed by atoms with Crippen LogP contribution in [0.4, 0.5) is 23.8 Å². The Morgan fingerprint density at radius 2 is 1.94 bits per heavy atom. The van der Waals surface area contributed by atoms with E-state index in [0.29, 0.717) is 29.9 Å². The van der Waals surface area contributed by atoms with Crippen LogP contribution in [0.3, 0.4) is 0 Å². The number of ether oxygens (including phenoxy) is 1. The molecule has 178 valence electrons. The summed E-state index contributed by atoms with van der Waals surface area (Å²) in [6.07, 6.45) is -4.13. The Hall–Kier alpha value is -4.02. The molecular weight excluding hydrogens is 451 g/mol. The number of carbonyl (C=O) groups excluding carboxylic acids is 2. The number of carbonyl (C=O) groups is 2. The predicted molar refractivity (Wildman–Crippen MR) is 118 cm³/mol. The fourth-order valence-electron chi connectivity index (χ4n) is 3.75. The second kappa shape index (κ2) is 9.46. The van der Waals surface area contributed by atoms with Gasteiger partial charge in [-0.2, -0.15) is 0 Å². The van der Waals surface area contributed by atoms with Crippen molar-refractivity contribution >= 4 is 17.8 Å². The van der Waals surface area contributed by atoms with Crippen LogP contribution in [0.25, 0.3) is 16.9 Å². The van der Waals surface area contributed by atoms with Crippen LogP contribution in [-0.4, -0.2) is 52.1 Å². The van der Waals surface area contributed by atoms with Gasteiger partial charge in [-0.3, -0.25) is 4.79 Å². The van der Waals surface area contributed by atoms with Crippen LogP contribution in [0.2, 0.25) is 0 Å². The van der Waals surface area contributed by atoms with E-state index < -0.39 is 18.3 Å². The summed E-state index contributed by atoms with van der Waals surface area (Å²) >= 11 is 0. The molecule has 2 aromatic carbocycles. The lowest BCUT2D eigenvalue weighted by Crippen LogP contribution is -2.43. The highest BCUT2D eigenvalue weighted by atomic mass is 19.4. The van der Waals surface area contributed by atoms with Crippen molar-refractivity contribution in [1.82, 2.24) is 20.0 Å². The van der Waals surface area contributed by atoms with Crippen LogP contribution in [0.15, 0.2) is 60.7 Å². The number of urea groups is 1. The Labute approximate surface area is 193 Å². The highest BCUT2D eigenvalue weighted by molar-refractivity contribution is 5.98. The maximum absolute atomic E-state index is 12.9. The summed E-state index contributed by atoms with van der Waals surface area (Å²) in [7, 11) is 0. The Balaban J connectivity index is 1.67. The van der Waals surface area contributed by atoms with E-state index in [-0.39, 0.29) is 24.1 Å². The van der Waals surface area contributed by atoms with Crippen LogP contribution >= 0.6 is 0 Å². The molecular formula is C23H22F3N5O3. The highest BCUT2D eigenvalue weighted by Crippen LogP contribution is 2.31. The molecule has 1 atom stereocenters. The number of rotatable bonds is 7.